The van der Waals surface area contributed by atoms with Crippen LogP contribution in [-0.2, 0) is 6.42 Å². The van der Waals surface area contributed by atoms with Crippen LogP contribution < -0.4 is 0 Å². The number of aromatic hydroxyl groups is 1. The van der Waals surface area contributed by atoms with Gasteiger partial charge in [-0.2, -0.15) is 10.5 Å². The van der Waals surface area contributed by atoms with E-state index < -0.39 is 0 Å². The second-order valence-corrected chi connectivity index (χ2v) is 2.70. The first-order valence-electron chi connectivity index (χ1n) is 3.79. The molecule has 0 fully saturated rings. The molecule has 13 heavy (non-hydrogen) atoms. The summed E-state index contributed by atoms with van der Waals surface area (Å²) in [6, 6.07) is 7.06. The molecule has 64 valence electrons. The molecule has 1 N–H and O–H groups in total. The van der Waals surface area contributed by atoms with Gasteiger partial charge < -0.3 is 5.11 Å². The maximum Gasteiger partial charge on any atom is 0.121 e. The van der Waals surface area contributed by atoms with Crippen LogP contribution in [0.15, 0.2) is 12.1 Å². The average Bonchev–Trinajstić information content (AvgIpc) is 2.12. The molecule has 0 radical (unpaired) electrons. The third kappa shape index (κ3) is 1.60. The van der Waals surface area contributed by atoms with E-state index in [1.807, 2.05) is 12.1 Å². The summed E-state index contributed by atoms with van der Waals surface area (Å²) in [4.78, 5) is 0. The Morgan fingerprint density at radius 2 is 2.08 bits per heavy atom. The molecule has 0 unspecified atom stereocenters. The zero-order valence-corrected chi connectivity index (χ0v) is 7.20. The molecule has 0 saturated carbocycles. The fourth-order valence-corrected chi connectivity index (χ4v) is 1.17. The summed E-state index contributed by atoms with van der Waals surface area (Å²) in [7, 11) is 0. The summed E-state index contributed by atoms with van der Waals surface area (Å²) < 4.78 is 0. The number of benzene rings is 1. The van der Waals surface area contributed by atoms with E-state index in [0.29, 0.717) is 11.1 Å². The molecule has 1 aromatic carbocycles. The van der Waals surface area contributed by atoms with Gasteiger partial charge in [0.1, 0.15) is 5.75 Å². The number of phenolic OH excluding ortho intramolecular Hbond substituents is 1. The zero-order valence-electron chi connectivity index (χ0n) is 7.20. The first-order chi connectivity index (χ1) is 6.20. The second kappa shape index (κ2) is 3.60. The van der Waals surface area contributed by atoms with Crippen molar-refractivity contribution in [3.63, 3.8) is 0 Å². The van der Waals surface area contributed by atoms with E-state index in [1.54, 1.807) is 13.0 Å². The third-order valence-corrected chi connectivity index (χ3v) is 1.86. The lowest BCUT2D eigenvalue weighted by atomic mass is 10.00. The van der Waals surface area contributed by atoms with Gasteiger partial charge >= 0.3 is 0 Å². The Morgan fingerprint density at radius 1 is 1.38 bits per heavy atom. The Balaban J connectivity index is 3.39. The van der Waals surface area contributed by atoms with Gasteiger partial charge in [-0.3, -0.25) is 0 Å². The molecule has 0 heterocycles. The highest BCUT2D eigenvalue weighted by Gasteiger charge is 2.09. The van der Waals surface area contributed by atoms with E-state index in [-0.39, 0.29) is 12.2 Å². The van der Waals surface area contributed by atoms with Crippen LogP contribution in [0, 0.1) is 29.6 Å². The molecule has 1 rings (SSSR count). The predicted octanol–water partition coefficient (Wildman–Crippen LogP) is 1.64. The van der Waals surface area contributed by atoms with E-state index in [4.69, 9.17) is 10.5 Å². The molecule has 1 aromatic rings. The van der Waals surface area contributed by atoms with Crippen molar-refractivity contribution in [2.45, 2.75) is 13.3 Å². The molecule has 0 atom stereocenters. The molecule has 0 bridgehead atoms. The summed E-state index contributed by atoms with van der Waals surface area (Å²) >= 11 is 0. The fourth-order valence-electron chi connectivity index (χ4n) is 1.17. The highest BCUT2D eigenvalue weighted by molar-refractivity contribution is 5.51. The van der Waals surface area contributed by atoms with Crippen molar-refractivity contribution in [3.8, 4) is 17.9 Å². The van der Waals surface area contributed by atoms with Gasteiger partial charge in [-0.25, -0.2) is 0 Å². The van der Waals surface area contributed by atoms with E-state index in [1.165, 1.54) is 6.07 Å². The van der Waals surface area contributed by atoms with Crippen LogP contribution in [0.1, 0.15) is 16.7 Å². The van der Waals surface area contributed by atoms with Crippen LogP contribution >= 0.6 is 0 Å². The number of rotatable bonds is 1. The molecular weight excluding hydrogens is 164 g/mol. The number of hydrogen-bond acceptors (Lipinski definition) is 3. The second-order valence-electron chi connectivity index (χ2n) is 2.70. The quantitative estimate of drug-likeness (QED) is 0.700. The van der Waals surface area contributed by atoms with Gasteiger partial charge in [0.05, 0.1) is 24.1 Å². The molecular formula is C10H8N2O. The minimum atomic E-state index is 0.0173. The predicted molar refractivity (Wildman–Crippen MR) is 46.9 cm³/mol. The molecule has 0 spiro atoms. The van der Waals surface area contributed by atoms with Crippen molar-refractivity contribution in [1.29, 1.82) is 10.5 Å². The first-order valence-corrected chi connectivity index (χ1v) is 3.79. The number of nitriles is 2. The fraction of sp³-hybridized carbons (Fsp3) is 0.200. The number of nitrogens with zero attached hydrogens (tertiary/aromatic N) is 2. The number of hydrogen-bond donors (Lipinski definition) is 1. The Bertz CT molecular complexity index is 410. The van der Waals surface area contributed by atoms with Gasteiger partial charge in [-0.15, -0.1) is 0 Å². The van der Waals surface area contributed by atoms with Gasteiger partial charge in [-0.1, -0.05) is 6.07 Å². The summed E-state index contributed by atoms with van der Waals surface area (Å²) in [5.41, 5.74) is 1.61. The topological polar surface area (TPSA) is 67.8 Å². The molecule has 0 aliphatic heterocycles. The van der Waals surface area contributed by atoms with Gasteiger partial charge in [0.25, 0.3) is 0 Å². The van der Waals surface area contributed by atoms with Crippen LogP contribution in [0.25, 0.3) is 0 Å². The van der Waals surface area contributed by atoms with Crippen molar-refractivity contribution in [2.75, 3.05) is 0 Å². The number of phenols is 1. The standard InChI is InChI=1S/C10H8N2O/c1-7-2-3-10(13)8(4-5-11)9(7)6-12/h2-3,13H,4H2,1H3. The maximum absolute atomic E-state index is 9.38. The lowest BCUT2D eigenvalue weighted by molar-refractivity contribution is 0.469. The van der Waals surface area contributed by atoms with E-state index in [0.717, 1.165) is 5.56 Å². The van der Waals surface area contributed by atoms with E-state index in [2.05, 4.69) is 0 Å². The maximum atomic E-state index is 9.38. The molecule has 0 aliphatic rings. The SMILES string of the molecule is Cc1ccc(O)c(CC#N)c1C#N. The Labute approximate surface area is 76.5 Å². The average molecular weight is 172 g/mol. The lowest BCUT2D eigenvalue weighted by Gasteiger charge is -2.04. The molecule has 3 nitrogen and oxygen atoms in total. The van der Waals surface area contributed by atoms with Crippen molar-refractivity contribution in [3.05, 3.63) is 28.8 Å². The van der Waals surface area contributed by atoms with Gasteiger partial charge in [0.2, 0.25) is 0 Å². The number of aryl methyl sites for hydroxylation is 1. The molecule has 0 amide bonds. The highest BCUT2D eigenvalue weighted by atomic mass is 16.3. The van der Waals surface area contributed by atoms with Gasteiger partial charge in [0.15, 0.2) is 0 Å². The first kappa shape index (κ1) is 9.09. The zero-order chi connectivity index (χ0) is 9.84. The highest BCUT2D eigenvalue weighted by Crippen LogP contribution is 2.23. The largest absolute Gasteiger partial charge is 0.508 e. The van der Waals surface area contributed by atoms with Crippen molar-refractivity contribution in [2.24, 2.45) is 0 Å². The molecule has 0 saturated heterocycles. The minimum Gasteiger partial charge on any atom is -0.508 e. The van der Waals surface area contributed by atoms with Crippen LogP contribution in [0.4, 0.5) is 0 Å². The normalized spacial score (nSPS) is 8.85. The van der Waals surface area contributed by atoms with E-state index >= 15 is 0 Å². The van der Waals surface area contributed by atoms with Gasteiger partial charge in [0, 0.05) is 5.56 Å². The Hall–Kier alpha value is -2.00. The molecule has 3 heteroatoms. The Kier molecular flexibility index (Phi) is 2.52. The van der Waals surface area contributed by atoms with Crippen molar-refractivity contribution >= 4 is 0 Å². The summed E-state index contributed by atoms with van der Waals surface area (Å²) in [5.74, 6) is 0.0173. The smallest absolute Gasteiger partial charge is 0.121 e. The summed E-state index contributed by atoms with van der Waals surface area (Å²) in [6.07, 6.45) is 0.0659. The summed E-state index contributed by atoms with van der Waals surface area (Å²) in [5, 5.41) is 26.6. The van der Waals surface area contributed by atoms with Crippen LogP contribution in [0.2, 0.25) is 0 Å². The van der Waals surface area contributed by atoms with Gasteiger partial charge in [-0.05, 0) is 18.6 Å². The lowest BCUT2D eigenvalue weighted by Crippen LogP contribution is -1.92. The minimum absolute atomic E-state index is 0.0173. The van der Waals surface area contributed by atoms with E-state index in [9.17, 15) is 5.11 Å². The Morgan fingerprint density at radius 3 is 2.62 bits per heavy atom. The third-order valence-electron chi connectivity index (χ3n) is 1.86. The molecule has 0 aromatic heterocycles. The molecule has 0 aliphatic carbocycles. The van der Waals surface area contributed by atoms with Crippen molar-refractivity contribution < 1.29 is 5.11 Å². The summed E-state index contributed by atoms with van der Waals surface area (Å²) in [6.45, 7) is 1.78. The van der Waals surface area contributed by atoms with Crippen molar-refractivity contribution in [1.82, 2.24) is 0 Å². The monoisotopic (exact) mass is 172 g/mol. The van der Waals surface area contributed by atoms with Crippen LogP contribution in [0.3, 0.4) is 0 Å². The van der Waals surface area contributed by atoms with Crippen LogP contribution in [-0.4, -0.2) is 5.11 Å². The van der Waals surface area contributed by atoms with Crippen LogP contribution in [0.5, 0.6) is 5.75 Å².